The van der Waals surface area contributed by atoms with Crippen LogP contribution in [0.4, 0.5) is 0 Å². The first kappa shape index (κ1) is 10.3. The number of benzene rings is 1. The molecule has 0 heterocycles. The van der Waals surface area contributed by atoms with Gasteiger partial charge in [0.1, 0.15) is 0 Å². The molecule has 0 nitrogen and oxygen atoms in total. The molecule has 0 amide bonds. The second-order valence-electron chi connectivity index (χ2n) is 3.38. The Morgan fingerprint density at radius 2 is 2.15 bits per heavy atom. The molecule has 0 saturated heterocycles. The lowest BCUT2D eigenvalue weighted by Gasteiger charge is -2.05. The summed E-state index contributed by atoms with van der Waals surface area (Å²) in [5.41, 5.74) is 2.60. The Balaban J connectivity index is 2.85. The molecule has 0 N–H and O–H groups in total. The van der Waals surface area contributed by atoms with Gasteiger partial charge in [-0.1, -0.05) is 50.3 Å². The zero-order valence-electron chi connectivity index (χ0n) is 8.13. The molecule has 0 radical (unpaired) electrons. The van der Waals surface area contributed by atoms with Crippen molar-refractivity contribution in [2.45, 2.75) is 19.8 Å². The molecule has 0 saturated carbocycles. The molecule has 70 valence electrons. The lowest BCUT2D eigenvalue weighted by molar-refractivity contribution is 0.866. The summed E-state index contributed by atoms with van der Waals surface area (Å²) in [6.45, 7) is 4.40. The van der Waals surface area contributed by atoms with Crippen molar-refractivity contribution in [1.29, 1.82) is 0 Å². The van der Waals surface area contributed by atoms with Gasteiger partial charge in [0, 0.05) is 5.88 Å². The average molecular weight is 195 g/mol. The van der Waals surface area contributed by atoms with Crippen LogP contribution in [0, 0.1) is 0 Å². The standard InChI is InChI=1S/C12H15Cl/c1-10(2)12-7-3-5-11(9-12)6-4-8-13/h3-7,9-10H,8H2,1-2H3. The van der Waals surface area contributed by atoms with E-state index >= 15 is 0 Å². The van der Waals surface area contributed by atoms with Gasteiger partial charge in [0.05, 0.1) is 0 Å². The number of alkyl halides is 1. The van der Waals surface area contributed by atoms with E-state index in [1.165, 1.54) is 11.1 Å². The molecular weight excluding hydrogens is 180 g/mol. The van der Waals surface area contributed by atoms with Crippen LogP contribution < -0.4 is 0 Å². The minimum absolute atomic E-state index is 0.575. The molecule has 0 aliphatic carbocycles. The summed E-state index contributed by atoms with van der Waals surface area (Å²) in [4.78, 5) is 0. The minimum atomic E-state index is 0.575. The minimum Gasteiger partial charge on any atom is -0.122 e. The van der Waals surface area contributed by atoms with Crippen molar-refractivity contribution in [3.63, 3.8) is 0 Å². The fraction of sp³-hybridized carbons (Fsp3) is 0.333. The van der Waals surface area contributed by atoms with Gasteiger partial charge in [-0.05, 0) is 17.0 Å². The van der Waals surface area contributed by atoms with Crippen LogP contribution >= 0.6 is 11.6 Å². The van der Waals surface area contributed by atoms with Crippen LogP contribution in [0.25, 0.3) is 6.08 Å². The summed E-state index contributed by atoms with van der Waals surface area (Å²) in [7, 11) is 0. The van der Waals surface area contributed by atoms with Gasteiger partial charge >= 0.3 is 0 Å². The third kappa shape index (κ3) is 3.23. The third-order valence-electron chi connectivity index (χ3n) is 1.98. The van der Waals surface area contributed by atoms with Crippen LogP contribution in [0.2, 0.25) is 0 Å². The fourth-order valence-corrected chi connectivity index (χ4v) is 1.29. The monoisotopic (exact) mass is 194 g/mol. The maximum atomic E-state index is 5.57. The molecule has 1 aromatic rings. The Morgan fingerprint density at radius 3 is 2.77 bits per heavy atom. The van der Waals surface area contributed by atoms with Crippen LogP contribution in [0.15, 0.2) is 30.3 Å². The lowest BCUT2D eigenvalue weighted by atomic mass is 10.0. The van der Waals surface area contributed by atoms with E-state index in [1.807, 2.05) is 6.08 Å². The highest BCUT2D eigenvalue weighted by Gasteiger charge is 1.97. The largest absolute Gasteiger partial charge is 0.122 e. The molecule has 0 aliphatic heterocycles. The highest BCUT2D eigenvalue weighted by molar-refractivity contribution is 6.19. The van der Waals surface area contributed by atoms with E-state index < -0.39 is 0 Å². The van der Waals surface area contributed by atoms with Crippen LogP contribution in [0.1, 0.15) is 30.9 Å². The normalized spacial score (nSPS) is 11.4. The van der Waals surface area contributed by atoms with E-state index in [9.17, 15) is 0 Å². The quantitative estimate of drug-likeness (QED) is 0.637. The van der Waals surface area contributed by atoms with Crippen molar-refractivity contribution in [2.75, 3.05) is 5.88 Å². The highest BCUT2D eigenvalue weighted by atomic mass is 35.5. The lowest BCUT2D eigenvalue weighted by Crippen LogP contribution is -1.86. The fourth-order valence-electron chi connectivity index (χ4n) is 1.20. The molecule has 1 rings (SSSR count). The van der Waals surface area contributed by atoms with Gasteiger partial charge in [0.15, 0.2) is 0 Å². The molecule has 0 unspecified atom stereocenters. The molecule has 1 heteroatoms. The van der Waals surface area contributed by atoms with Gasteiger partial charge in [-0.2, -0.15) is 0 Å². The number of hydrogen-bond acceptors (Lipinski definition) is 0. The smallest absolute Gasteiger partial charge is 0.0407 e. The zero-order valence-corrected chi connectivity index (χ0v) is 8.88. The Hall–Kier alpha value is -0.750. The molecular formula is C12H15Cl. The van der Waals surface area contributed by atoms with E-state index in [2.05, 4.69) is 44.2 Å². The topological polar surface area (TPSA) is 0 Å². The van der Waals surface area contributed by atoms with Crippen molar-refractivity contribution in [1.82, 2.24) is 0 Å². The molecule has 13 heavy (non-hydrogen) atoms. The van der Waals surface area contributed by atoms with Gasteiger partial charge in [0.25, 0.3) is 0 Å². The van der Waals surface area contributed by atoms with Crippen molar-refractivity contribution >= 4 is 17.7 Å². The second kappa shape index (κ2) is 5.08. The van der Waals surface area contributed by atoms with Crippen LogP contribution in [0.5, 0.6) is 0 Å². The summed E-state index contributed by atoms with van der Waals surface area (Å²) >= 11 is 5.57. The summed E-state index contributed by atoms with van der Waals surface area (Å²) < 4.78 is 0. The van der Waals surface area contributed by atoms with Gasteiger partial charge in [0.2, 0.25) is 0 Å². The average Bonchev–Trinajstić information content (AvgIpc) is 2.15. The molecule has 0 aliphatic rings. The molecule has 0 fully saturated rings. The predicted octanol–water partition coefficient (Wildman–Crippen LogP) is 4.06. The first-order valence-corrected chi connectivity index (χ1v) is 5.10. The van der Waals surface area contributed by atoms with Crippen molar-refractivity contribution < 1.29 is 0 Å². The number of allylic oxidation sites excluding steroid dienone is 1. The van der Waals surface area contributed by atoms with Crippen molar-refractivity contribution in [3.05, 3.63) is 41.5 Å². The zero-order chi connectivity index (χ0) is 9.68. The van der Waals surface area contributed by atoms with Crippen molar-refractivity contribution in [3.8, 4) is 0 Å². The molecule has 0 atom stereocenters. The van der Waals surface area contributed by atoms with Crippen LogP contribution in [-0.2, 0) is 0 Å². The maximum Gasteiger partial charge on any atom is 0.0407 e. The maximum absolute atomic E-state index is 5.57. The van der Waals surface area contributed by atoms with Crippen LogP contribution in [0.3, 0.4) is 0 Å². The highest BCUT2D eigenvalue weighted by Crippen LogP contribution is 2.16. The Morgan fingerprint density at radius 1 is 1.38 bits per heavy atom. The second-order valence-corrected chi connectivity index (χ2v) is 3.69. The van der Waals surface area contributed by atoms with Crippen LogP contribution in [-0.4, -0.2) is 5.88 Å². The molecule has 0 bridgehead atoms. The number of hydrogen-bond donors (Lipinski definition) is 0. The van der Waals surface area contributed by atoms with Gasteiger partial charge < -0.3 is 0 Å². The van der Waals surface area contributed by atoms with E-state index in [1.54, 1.807) is 0 Å². The Kier molecular flexibility index (Phi) is 4.04. The molecule has 1 aromatic carbocycles. The van der Waals surface area contributed by atoms with E-state index in [4.69, 9.17) is 11.6 Å². The van der Waals surface area contributed by atoms with E-state index in [0.29, 0.717) is 11.8 Å². The summed E-state index contributed by atoms with van der Waals surface area (Å²) in [6, 6.07) is 8.54. The summed E-state index contributed by atoms with van der Waals surface area (Å²) in [6.07, 6.45) is 4.01. The van der Waals surface area contributed by atoms with Gasteiger partial charge in [-0.3, -0.25) is 0 Å². The Labute approximate surface area is 85.2 Å². The van der Waals surface area contributed by atoms with Gasteiger partial charge in [-0.15, -0.1) is 11.6 Å². The van der Waals surface area contributed by atoms with Gasteiger partial charge in [-0.25, -0.2) is 0 Å². The first-order chi connectivity index (χ1) is 6.24. The van der Waals surface area contributed by atoms with E-state index in [0.717, 1.165) is 0 Å². The Bertz CT molecular complexity index is 287. The van der Waals surface area contributed by atoms with E-state index in [-0.39, 0.29) is 0 Å². The SMILES string of the molecule is CC(C)c1cccc(C=CCCl)c1. The number of halogens is 1. The number of rotatable bonds is 3. The summed E-state index contributed by atoms with van der Waals surface area (Å²) in [5.74, 6) is 1.16. The third-order valence-corrected chi connectivity index (χ3v) is 2.15. The summed E-state index contributed by atoms with van der Waals surface area (Å²) in [5, 5.41) is 0. The molecule has 0 aromatic heterocycles. The van der Waals surface area contributed by atoms with Crippen molar-refractivity contribution in [2.24, 2.45) is 0 Å². The first-order valence-electron chi connectivity index (χ1n) is 4.56. The predicted molar refractivity (Wildman–Crippen MR) is 60.3 cm³/mol. The molecule has 0 spiro atoms.